The second kappa shape index (κ2) is 12.3. The summed E-state index contributed by atoms with van der Waals surface area (Å²) in [5, 5.41) is 3.55. The van der Waals surface area contributed by atoms with Crippen molar-refractivity contribution in [2.24, 2.45) is 0 Å². The highest BCUT2D eigenvalue weighted by atomic mass is 32.2. The van der Waals surface area contributed by atoms with E-state index in [1.165, 1.54) is 0 Å². The molecule has 1 amide bonds. The Morgan fingerprint density at radius 3 is 2.05 bits per heavy atom. The Labute approximate surface area is 238 Å². The van der Waals surface area contributed by atoms with Crippen LogP contribution in [0.15, 0.2) is 72.8 Å². The molecule has 0 heterocycles. The number of hydrogen-bond acceptors (Lipinski definition) is 6. The van der Waals surface area contributed by atoms with Gasteiger partial charge in [0, 0.05) is 11.7 Å². The minimum absolute atomic E-state index is 0.0371. The highest BCUT2D eigenvalue weighted by molar-refractivity contribution is 7.85. The molecule has 0 bridgehead atoms. The smallest absolute Gasteiger partial charge is 0.409 e. The molecule has 0 atom stereocenters. The highest BCUT2D eigenvalue weighted by Gasteiger charge is 2.45. The van der Waals surface area contributed by atoms with Crippen LogP contribution >= 0.6 is 0 Å². The molecule has 1 aliphatic carbocycles. The Hall–Kier alpha value is -3.52. The maximum Gasteiger partial charge on any atom is 0.409 e. The average Bonchev–Trinajstić information content (AvgIpc) is 2.93. The summed E-state index contributed by atoms with van der Waals surface area (Å²) < 4.78 is 40.2. The van der Waals surface area contributed by atoms with Crippen LogP contribution in [0.1, 0.15) is 81.9 Å². The standard InChI is InChI=1S/C32H40N2O5S/c1-22(2)28-15-10-16-29(23(3)4)30(28)39-40(36,37)34-31(35)32(24-11-9-14-27(21-24)38-5)19-17-26(18-20-32)33-25-12-7-6-8-13-25/h6-16,21-23,26,33H,17-20H2,1-5H3,(H,34,35). The van der Waals surface area contributed by atoms with E-state index in [0.717, 1.165) is 22.4 Å². The number of amides is 1. The summed E-state index contributed by atoms with van der Waals surface area (Å²) in [5.74, 6) is 0.386. The van der Waals surface area contributed by atoms with Crippen LogP contribution in [0.5, 0.6) is 11.5 Å². The fraction of sp³-hybridized carbons (Fsp3) is 0.406. The van der Waals surface area contributed by atoms with E-state index in [0.29, 0.717) is 37.2 Å². The monoisotopic (exact) mass is 564 g/mol. The quantitative estimate of drug-likeness (QED) is 0.286. The fourth-order valence-electron chi connectivity index (χ4n) is 5.51. The Kier molecular flexibility index (Phi) is 9.08. The van der Waals surface area contributed by atoms with Gasteiger partial charge in [0.05, 0.1) is 12.5 Å². The maximum absolute atomic E-state index is 14.0. The largest absolute Gasteiger partial charge is 0.497 e. The first kappa shape index (κ1) is 29.5. The van der Waals surface area contributed by atoms with Gasteiger partial charge in [0.15, 0.2) is 5.75 Å². The van der Waals surface area contributed by atoms with Crippen LogP contribution in [-0.2, 0) is 20.5 Å². The second-order valence-corrected chi connectivity index (χ2v) is 12.4. The number of carbonyl (C=O) groups excluding carboxylic acids is 1. The van der Waals surface area contributed by atoms with E-state index in [1.54, 1.807) is 7.11 Å². The summed E-state index contributed by atoms with van der Waals surface area (Å²) in [6.45, 7) is 7.93. The van der Waals surface area contributed by atoms with Gasteiger partial charge in [-0.25, -0.2) is 4.72 Å². The second-order valence-electron chi connectivity index (χ2n) is 11.1. The molecule has 0 spiro atoms. The van der Waals surface area contributed by atoms with E-state index in [9.17, 15) is 13.2 Å². The molecule has 214 valence electrons. The summed E-state index contributed by atoms with van der Waals surface area (Å²) in [6, 6.07) is 23.1. The fourth-order valence-corrected chi connectivity index (χ4v) is 6.39. The third-order valence-electron chi connectivity index (χ3n) is 7.77. The van der Waals surface area contributed by atoms with Crippen LogP contribution in [0.3, 0.4) is 0 Å². The van der Waals surface area contributed by atoms with E-state index < -0.39 is 21.6 Å². The lowest BCUT2D eigenvalue weighted by molar-refractivity contribution is -0.126. The summed E-state index contributed by atoms with van der Waals surface area (Å²) >= 11 is 0. The third kappa shape index (κ3) is 6.61. The van der Waals surface area contributed by atoms with Gasteiger partial charge in [0.1, 0.15) is 5.75 Å². The van der Waals surface area contributed by atoms with E-state index in [2.05, 4.69) is 10.0 Å². The normalized spacial score (nSPS) is 19.3. The van der Waals surface area contributed by atoms with Gasteiger partial charge in [-0.3, -0.25) is 4.79 Å². The molecule has 0 aliphatic heterocycles. The Bertz CT molecular complexity index is 1390. The van der Waals surface area contributed by atoms with Crippen molar-refractivity contribution in [3.63, 3.8) is 0 Å². The molecule has 0 radical (unpaired) electrons. The van der Waals surface area contributed by atoms with Crippen molar-refractivity contribution in [1.82, 2.24) is 4.72 Å². The SMILES string of the molecule is COc1cccc(C2(C(=O)NS(=O)(=O)Oc3c(C(C)C)cccc3C(C)C)CCC(Nc3ccccc3)CC2)c1. The van der Waals surface area contributed by atoms with Crippen LogP contribution in [0.2, 0.25) is 0 Å². The number of benzene rings is 3. The Balaban J connectivity index is 1.62. The number of para-hydroxylation sites is 2. The van der Waals surface area contributed by atoms with Crippen molar-refractivity contribution in [2.45, 2.75) is 76.7 Å². The molecule has 0 aromatic heterocycles. The first-order valence-corrected chi connectivity index (χ1v) is 15.3. The van der Waals surface area contributed by atoms with Gasteiger partial charge in [-0.15, -0.1) is 0 Å². The van der Waals surface area contributed by atoms with Crippen molar-refractivity contribution in [1.29, 1.82) is 0 Å². The van der Waals surface area contributed by atoms with Crippen molar-refractivity contribution in [2.75, 3.05) is 12.4 Å². The zero-order valence-electron chi connectivity index (χ0n) is 23.9. The van der Waals surface area contributed by atoms with Gasteiger partial charge in [0.2, 0.25) is 5.91 Å². The molecule has 1 saturated carbocycles. The third-order valence-corrected chi connectivity index (χ3v) is 8.59. The number of anilines is 1. The molecule has 8 heteroatoms. The number of rotatable bonds is 10. The van der Waals surface area contributed by atoms with E-state index >= 15 is 0 Å². The molecule has 40 heavy (non-hydrogen) atoms. The highest BCUT2D eigenvalue weighted by Crippen LogP contribution is 2.42. The van der Waals surface area contributed by atoms with Crippen molar-refractivity contribution in [3.8, 4) is 11.5 Å². The van der Waals surface area contributed by atoms with E-state index in [4.69, 9.17) is 8.92 Å². The van der Waals surface area contributed by atoms with Crippen molar-refractivity contribution < 1.29 is 22.1 Å². The van der Waals surface area contributed by atoms with Gasteiger partial charge < -0.3 is 14.2 Å². The van der Waals surface area contributed by atoms with Crippen LogP contribution in [0.25, 0.3) is 0 Å². The number of methoxy groups -OCH3 is 1. The first-order valence-electron chi connectivity index (χ1n) is 13.9. The number of ether oxygens (including phenoxy) is 1. The van der Waals surface area contributed by atoms with Gasteiger partial charge in [-0.05, 0) is 78.5 Å². The summed E-state index contributed by atoms with van der Waals surface area (Å²) in [4.78, 5) is 14.0. The predicted molar refractivity (Wildman–Crippen MR) is 159 cm³/mol. The summed E-state index contributed by atoms with van der Waals surface area (Å²) in [6.07, 6.45) is 2.31. The predicted octanol–water partition coefficient (Wildman–Crippen LogP) is 6.67. The number of carbonyl (C=O) groups is 1. The zero-order valence-corrected chi connectivity index (χ0v) is 24.8. The van der Waals surface area contributed by atoms with Gasteiger partial charge in [-0.2, -0.15) is 8.42 Å². The first-order chi connectivity index (χ1) is 19.0. The average molecular weight is 565 g/mol. The van der Waals surface area contributed by atoms with Crippen LogP contribution < -0.4 is 19.0 Å². The molecule has 4 rings (SSSR count). The van der Waals surface area contributed by atoms with Crippen LogP contribution in [0.4, 0.5) is 5.69 Å². The lowest BCUT2D eigenvalue weighted by Gasteiger charge is -2.39. The van der Waals surface area contributed by atoms with Gasteiger partial charge in [-0.1, -0.05) is 76.2 Å². The molecule has 1 aliphatic rings. The van der Waals surface area contributed by atoms with Crippen molar-refractivity contribution >= 4 is 21.9 Å². The van der Waals surface area contributed by atoms with Gasteiger partial charge >= 0.3 is 10.3 Å². The molecule has 0 unspecified atom stereocenters. The molecule has 1 fully saturated rings. The summed E-state index contributed by atoms with van der Waals surface area (Å²) in [5.41, 5.74) is 2.24. The minimum Gasteiger partial charge on any atom is -0.497 e. The van der Waals surface area contributed by atoms with Gasteiger partial charge in [0.25, 0.3) is 0 Å². The summed E-state index contributed by atoms with van der Waals surface area (Å²) in [7, 11) is -2.89. The minimum atomic E-state index is -4.47. The molecular weight excluding hydrogens is 524 g/mol. The Morgan fingerprint density at radius 1 is 0.875 bits per heavy atom. The van der Waals surface area contributed by atoms with E-state index in [1.807, 2.05) is 100 Å². The lowest BCUT2D eigenvalue weighted by Crippen LogP contribution is -2.50. The maximum atomic E-state index is 14.0. The molecule has 3 aromatic carbocycles. The zero-order chi connectivity index (χ0) is 28.9. The van der Waals surface area contributed by atoms with Crippen LogP contribution in [0, 0.1) is 0 Å². The molecule has 3 aromatic rings. The molecule has 7 nitrogen and oxygen atoms in total. The molecule has 2 N–H and O–H groups in total. The van der Waals surface area contributed by atoms with E-state index in [-0.39, 0.29) is 17.9 Å². The molecular formula is C32H40N2O5S. The van der Waals surface area contributed by atoms with Crippen molar-refractivity contribution in [3.05, 3.63) is 89.5 Å². The number of nitrogens with one attached hydrogen (secondary N) is 2. The van der Waals surface area contributed by atoms with Crippen LogP contribution in [-0.4, -0.2) is 27.5 Å². The topological polar surface area (TPSA) is 93.7 Å². The molecule has 0 saturated heterocycles. The Morgan fingerprint density at radius 2 is 1.48 bits per heavy atom. The number of hydrogen-bond donors (Lipinski definition) is 2. The lowest BCUT2D eigenvalue weighted by atomic mass is 9.67.